The number of thiophene rings is 1. The number of fused-ring (bicyclic) bond motifs is 1. The Bertz CT molecular complexity index is 1220. The smallest absolute Gasteiger partial charge is 0.417 e. The van der Waals surface area contributed by atoms with Gasteiger partial charge in [-0.2, -0.15) is 0 Å². The lowest BCUT2D eigenvalue weighted by Crippen LogP contribution is -2.27. The van der Waals surface area contributed by atoms with Crippen LogP contribution in [0.2, 0.25) is 5.02 Å². The molecular weight excluding hydrogens is 459 g/mol. The number of hydrogen-bond acceptors (Lipinski definition) is 8. The molecule has 0 aliphatic carbocycles. The van der Waals surface area contributed by atoms with E-state index < -0.39 is 18.4 Å². The first-order valence-electron chi connectivity index (χ1n) is 9.93. The third kappa shape index (κ3) is 3.78. The van der Waals surface area contributed by atoms with Crippen LogP contribution in [0.15, 0.2) is 24.5 Å². The SMILES string of the molecule is Cc1cc(Cl)cc(-c2ncnc3cc(CN4C(=O)COC4=O)sc23)c1O[C@@H]1CNC[C@@H]1F. The molecule has 2 aliphatic rings. The van der Waals surface area contributed by atoms with Gasteiger partial charge >= 0.3 is 6.09 Å². The average Bonchev–Trinajstić information content (AvgIpc) is 3.44. The minimum absolute atomic E-state index is 0.0906. The number of cyclic esters (lactones) is 1. The number of carbonyl (C=O) groups excluding carboxylic acids is 2. The number of benzene rings is 1. The van der Waals surface area contributed by atoms with Crippen molar-refractivity contribution >= 4 is 45.2 Å². The number of hydrogen-bond donors (Lipinski definition) is 1. The largest absolute Gasteiger partial charge is 0.485 e. The number of alkyl halides is 1. The number of nitrogens with one attached hydrogen (secondary N) is 1. The summed E-state index contributed by atoms with van der Waals surface area (Å²) in [6.07, 6.45) is -0.962. The van der Waals surface area contributed by atoms with Crippen molar-refractivity contribution in [3.63, 3.8) is 0 Å². The van der Waals surface area contributed by atoms with Gasteiger partial charge in [-0.3, -0.25) is 4.79 Å². The number of halogens is 2. The van der Waals surface area contributed by atoms with Crippen LogP contribution >= 0.6 is 22.9 Å². The fraction of sp³-hybridized carbons (Fsp3) is 0.333. The fourth-order valence-electron chi connectivity index (χ4n) is 3.82. The maximum atomic E-state index is 14.2. The fourth-order valence-corrected chi connectivity index (χ4v) is 5.19. The monoisotopic (exact) mass is 476 g/mol. The predicted molar refractivity (Wildman–Crippen MR) is 117 cm³/mol. The minimum Gasteiger partial charge on any atom is -0.485 e. The first-order chi connectivity index (χ1) is 15.4. The van der Waals surface area contributed by atoms with Gasteiger partial charge in [-0.25, -0.2) is 24.1 Å². The Morgan fingerprint density at radius 2 is 2.16 bits per heavy atom. The van der Waals surface area contributed by atoms with Crippen molar-refractivity contribution < 1.29 is 23.5 Å². The van der Waals surface area contributed by atoms with Gasteiger partial charge in [0.15, 0.2) is 12.8 Å². The highest BCUT2D eigenvalue weighted by molar-refractivity contribution is 7.19. The number of rotatable bonds is 5. The quantitative estimate of drug-likeness (QED) is 0.602. The van der Waals surface area contributed by atoms with Crippen LogP contribution < -0.4 is 10.1 Å². The van der Waals surface area contributed by atoms with Crippen molar-refractivity contribution in [1.82, 2.24) is 20.2 Å². The van der Waals surface area contributed by atoms with E-state index in [0.29, 0.717) is 34.1 Å². The second kappa shape index (κ2) is 8.27. The lowest BCUT2D eigenvalue weighted by Gasteiger charge is -2.20. The van der Waals surface area contributed by atoms with E-state index in [2.05, 4.69) is 15.3 Å². The Labute approximate surface area is 191 Å². The topological polar surface area (TPSA) is 93.7 Å². The molecule has 4 heterocycles. The number of imide groups is 1. The first-order valence-corrected chi connectivity index (χ1v) is 11.1. The minimum atomic E-state index is -1.12. The van der Waals surface area contributed by atoms with E-state index in [-0.39, 0.29) is 25.6 Å². The Hall–Kier alpha value is -2.82. The van der Waals surface area contributed by atoms with Gasteiger partial charge in [-0.15, -0.1) is 11.3 Å². The Morgan fingerprint density at radius 1 is 1.31 bits per heavy atom. The van der Waals surface area contributed by atoms with Gasteiger partial charge in [-0.05, 0) is 30.7 Å². The lowest BCUT2D eigenvalue weighted by molar-refractivity contribution is -0.126. The molecule has 1 aromatic carbocycles. The Morgan fingerprint density at radius 3 is 2.88 bits per heavy atom. The summed E-state index contributed by atoms with van der Waals surface area (Å²) in [6, 6.07) is 5.31. The van der Waals surface area contributed by atoms with Crippen LogP contribution in [-0.2, 0) is 16.1 Å². The maximum Gasteiger partial charge on any atom is 0.417 e. The van der Waals surface area contributed by atoms with E-state index in [1.807, 2.05) is 6.92 Å². The van der Waals surface area contributed by atoms with Gasteiger partial charge in [0.1, 0.15) is 18.2 Å². The second-order valence-electron chi connectivity index (χ2n) is 7.61. The maximum absolute atomic E-state index is 14.2. The summed E-state index contributed by atoms with van der Waals surface area (Å²) < 4.78 is 25.8. The molecule has 32 heavy (non-hydrogen) atoms. The molecule has 0 bridgehead atoms. The molecule has 0 unspecified atom stereocenters. The zero-order chi connectivity index (χ0) is 22.4. The van der Waals surface area contributed by atoms with Gasteiger partial charge in [0.05, 0.1) is 22.5 Å². The molecule has 2 fully saturated rings. The molecule has 166 valence electrons. The van der Waals surface area contributed by atoms with E-state index in [4.69, 9.17) is 21.1 Å². The Kier molecular flexibility index (Phi) is 5.44. The molecule has 2 aliphatic heterocycles. The summed E-state index contributed by atoms with van der Waals surface area (Å²) in [7, 11) is 0. The summed E-state index contributed by atoms with van der Waals surface area (Å²) in [4.78, 5) is 34.3. The van der Waals surface area contributed by atoms with Crippen molar-refractivity contribution in [1.29, 1.82) is 0 Å². The molecule has 2 aromatic heterocycles. The highest BCUT2D eigenvalue weighted by Gasteiger charge is 2.32. The zero-order valence-corrected chi connectivity index (χ0v) is 18.5. The predicted octanol–water partition coefficient (Wildman–Crippen LogP) is 3.49. The molecule has 3 aromatic rings. The van der Waals surface area contributed by atoms with Crippen molar-refractivity contribution in [2.24, 2.45) is 0 Å². The molecule has 1 N–H and O–H groups in total. The molecule has 2 amide bonds. The molecule has 8 nitrogen and oxygen atoms in total. The van der Waals surface area contributed by atoms with Crippen molar-refractivity contribution in [3.05, 3.63) is 40.0 Å². The summed E-state index contributed by atoms with van der Waals surface area (Å²) in [5.74, 6) is 0.130. The summed E-state index contributed by atoms with van der Waals surface area (Å²) in [5.41, 5.74) is 2.64. The van der Waals surface area contributed by atoms with Gasteiger partial charge < -0.3 is 14.8 Å². The number of ether oxygens (including phenoxy) is 2. The van der Waals surface area contributed by atoms with Crippen LogP contribution in [0, 0.1) is 6.92 Å². The number of aryl methyl sites for hydroxylation is 1. The molecule has 2 atom stereocenters. The van der Waals surface area contributed by atoms with Crippen molar-refractivity contribution in [2.45, 2.75) is 25.7 Å². The average molecular weight is 477 g/mol. The molecule has 0 spiro atoms. The molecule has 0 saturated carbocycles. The van der Waals surface area contributed by atoms with E-state index in [1.165, 1.54) is 17.7 Å². The normalized spacial score (nSPS) is 20.9. The van der Waals surface area contributed by atoms with Gasteiger partial charge in [0, 0.05) is 28.6 Å². The van der Waals surface area contributed by atoms with Gasteiger partial charge in [-0.1, -0.05) is 11.6 Å². The first kappa shape index (κ1) is 21.0. The van der Waals surface area contributed by atoms with E-state index in [1.54, 1.807) is 18.2 Å². The van der Waals surface area contributed by atoms with E-state index in [9.17, 15) is 14.0 Å². The summed E-state index contributed by atoms with van der Waals surface area (Å²) in [5, 5.41) is 3.49. The second-order valence-corrected chi connectivity index (χ2v) is 9.19. The molecule has 2 saturated heterocycles. The number of aromatic nitrogens is 2. The third-order valence-corrected chi connectivity index (χ3v) is 6.70. The highest BCUT2D eigenvalue weighted by Crippen LogP contribution is 2.41. The summed E-state index contributed by atoms with van der Waals surface area (Å²) in [6.45, 7) is 2.35. The lowest BCUT2D eigenvalue weighted by atomic mass is 10.1. The number of nitrogens with zero attached hydrogens (tertiary/aromatic N) is 3. The number of carbonyl (C=O) groups is 2. The van der Waals surface area contributed by atoms with Crippen LogP contribution in [0.1, 0.15) is 10.4 Å². The Balaban J connectivity index is 1.56. The van der Waals surface area contributed by atoms with Crippen LogP contribution in [0.25, 0.3) is 21.5 Å². The standard InChI is InChI=1S/C21H18ClFN4O4S/c1-10-2-11(22)3-13(19(10)31-16-6-24-5-14(16)23)18-20-15(25-9-26-18)4-12(32-20)7-27-17(28)8-30-21(27)29/h2-4,9,14,16,24H,5-8H2,1H3/t14-,16+/m0/s1. The number of amides is 2. The van der Waals surface area contributed by atoms with Crippen molar-refractivity contribution in [3.8, 4) is 17.0 Å². The molecule has 0 radical (unpaired) electrons. The van der Waals surface area contributed by atoms with Crippen LogP contribution in [0.3, 0.4) is 0 Å². The van der Waals surface area contributed by atoms with Crippen LogP contribution in [-0.4, -0.2) is 58.8 Å². The van der Waals surface area contributed by atoms with E-state index in [0.717, 1.165) is 20.0 Å². The molecule has 5 rings (SSSR count). The third-order valence-electron chi connectivity index (χ3n) is 5.37. The van der Waals surface area contributed by atoms with Crippen LogP contribution in [0.5, 0.6) is 5.75 Å². The van der Waals surface area contributed by atoms with Crippen LogP contribution in [0.4, 0.5) is 9.18 Å². The zero-order valence-electron chi connectivity index (χ0n) is 16.9. The summed E-state index contributed by atoms with van der Waals surface area (Å²) >= 11 is 7.70. The van der Waals surface area contributed by atoms with Gasteiger partial charge in [0.2, 0.25) is 0 Å². The van der Waals surface area contributed by atoms with Crippen molar-refractivity contribution in [2.75, 3.05) is 19.7 Å². The highest BCUT2D eigenvalue weighted by atomic mass is 35.5. The van der Waals surface area contributed by atoms with E-state index >= 15 is 0 Å². The molecular formula is C21H18ClFN4O4S. The van der Waals surface area contributed by atoms with Gasteiger partial charge in [0.25, 0.3) is 5.91 Å². The molecule has 11 heteroatoms.